The van der Waals surface area contributed by atoms with Crippen LogP contribution in [0, 0.1) is 0 Å². The first-order valence-corrected chi connectivity index (χ1v) is 13.2. The van der Waals surface area contributed by atoms with Crippen molar-refractivity contribution in [2.24, 2.45) is 42.9 Å². The SMILES string of the molecule is CCCCCCCN=C(N)NC(N)=NCCCCCCN=C(N)NC(N)=NCCCCCCC.Cl.Cl. The van der Waals surface area contributed by atoms with Gasteiger partial charge in [0.1, 0.15) is 0 Å². The Morgan fingerprint density at radius 1 is 0.417 bits per heavy atom. The monoisotopic (exact) mass is 552 g/mol. The highest BCUT2D eigenvalue weighted by Gasteiger charge is 1.97. The lowest BCUT2D eigenvalue weighted by atomic mass is 10.2. The van der Waals surface area contributed by atoms with E-state index in [9.17, 15) is 0 Å². The van der Waals surface area contributed by atoms with E-state index in [4.69, 9.17) is 22.9 Å². The van der Waals surface area contributed by atoms with Gasteiger partial charge in [0.05, 0.1) is 0 Å². The van der Waals surface area contributed by atoms with E-state index in [-0.39, 0.29) is 24.8 Å². The van der Waals surface area contributed by atoms with Gasteiger partial charge in [-0.05, 0) is 25.7 Å². The van der Waals surface area contributed by atoms with Crippen LogP contribution in [-0.2, 0) is 0 Å². The van der Waals surface area contributed by atoms with Gasteiger partial charge in [0.25, 0.3) is 0 Å². The lowest BCUT2D eigenvalue weighted by Gasteiger charge is -2.06. The summed E-state index contributed by atoms with van der Waals surface area (Å²) >= 11 is 0. The fourth-order valence-electron chi connectivity index (χ4n) is 3.23. The van der Waals surface area contributed by atoms with Crippen LogP contribution in [0.2, 0.25) is 0 Å². The van der Waals surface area contributed by atoms with Gasteiger partial charge in [0, 0.05) is 26.2 Å². The molecule has 0 atom stereocenters. The number of halogens is 2. The average Bonchev–Trinajstić information content (AvgIpc) is 2.80. The van der Waals surface area contributed by atoms with E-state index in [1.54, 1.807) is 0 Å². The van der Waals surface area contributed by atoms with Crippen LogP contribution in [0.3, 0.4) is 0 Å². The third-order valence-corrected chi connectivity index (χ3v) is 5.23. The van der Waals surface area contributed by atoms with E-state index in [0.29, 0.717) is 36.9 Å². The van der Waals surface area contributed by atoms with Gasteiger partial charge in [0.15, 0.2) is 23.8 Å². The molecule has 0 amide bonds. The number of rotatable bonds is 19. The summed E-state index contributed by atoms with van der Waals surface area (Å²) in [6.07, 6.45) is 16.0. The summed E-state index contributed by atoms with van der Waals surface area (Å²) in [6, 6.07) is 0. The van der Waals surface area contributed by atoms with Crippen LogP contribution >= 0.6 is 24.8 Å². The van der Waals surface area contributed by atoms with Gasteiger partial charge in [-0.15, -0.1) is 24.8 Å². The lowest BCUT2D eigenvalue weighted by Crippen LogP contribution is -2.41. The Hall–Kier alpha value is -1.94. The van der Waals surface area contributed by atoms with Gasteiger partial charge >= 0.3 is 0 Å². The minimum absolute atomic E-state index is 0. The fraction of sp³-hybridized carbons (Fsp3) is 0.833. The zero-order chi connectivity index (χ0) is 25.3. The highest BCUT2D eigenvalue weighted by molar-refractivity contribution is 5.97. The third-order valence-electron chi connectivity index (χ3n) is 5.23. The molecule has 0 heterocycles. The molecule has 0 fully saturated rings. The van der Waals surface area contributed by atoms with Crippen molar-refractivity contribution in [3.63, 3.8) is 0 Å². The molecule has 0 saturated heterocycles. The largest absolute Gasteiger partial charge is 0.370 e. The third kappa shape index (κ3) is 28.3. The quantitative estimate of drug-likeness (QED) is 0.0805. The van der Waals surface area contributed by atoms with Crippen LogP contribution in [0.1, 0.15) is 104 Å². The topological polar surface area (TPSA) is 178 Å². The maximum absolute atomic E-state index is 5.86. The molecule has 0 radical (unpaired) electrons. The van der Waals surface area contributed by atoms with Crippen molar-refractivity contribution >= 4 is 48.7 Å². The van der Waals surface area contributed by atoms with E-state index < -0.39 is 0 Å². The molecular formula is C24H54Cl2N10. The summed E-state index contributed by atoms with van der Waals surface area (Å²) < 4.78 is 0. The van der Waals surface area contributed by atoms with E-state index in [2.05, 4.69) is 44.5 Å². The molecule has 0 saturated carbocycles. The molecule has 0 bridgehead atoms. The van der Waals surface area contributed by atoms with E-state index in [1.165, 1.54) is 51.4 Å². The predicted molar refractivity (Wildman–Crippen MR) is 163 cm³/mol. The van der Waals surface area contributed by atoms with Crippen molar-refractivity contribution in [3.8, 4) is 0 Å². The molecular weight excluding hydrogens is 499 g/mol. The molecule has 10 nitrogen and oxygen atoms in total. The van der Waals surface area contributed by atoms with Crippen LogP contribution < -0.4 is 33.6 Å². The molecule has 10 N–H and O–H groups in total. The highest BCUT2D eigenvalue weighted by atomic mass is 35.5. The summed E-state index contributed by atoms with van der Waals surface area (Å²) in [6.45, 7) is 7.16. The molecule has 0 spiro atoms. The molecule has 12 heteroatoms. The van der Waals surface area contributed by atoms with Gasteiger partial charge in [-0.25, -0.2) is 0 Å². The Morgan fingerprint density at radius 3 is 0.861 bits per heavy atom. The zero-order valence-electron chi connectivity index (χ0n) is 22.6. The van der Waals surface area contributed by atoms with Crippen LogP contribution in [0.4, 0.5) is 0 Å². The molecule has 214 valence electrons. The predicted octanol–water partition coefficient (Wildman–Crippen LogP) is 3.77. The summed E-state index contributed by atoms with van der Waals surface area (Å²) in [5.74, 6) is 1.30. The Balaban J connectivity index is -0.00000544. The van der Waals surface area contributed by atoms with E-state index in [0.717, 1.165) is 51.6 Å². The number of aliphatic imine (C=N–C) groups is 4. The lowest BCUT2D eigenvalue weighted by molar-refractivity contribution is 0.638. The van der Waals surface area contributed by atoms with Crippen LogP contribution in [0.25, 0.3) is 0 Å². The first kappa shape index (κ1) is 38.6. The smallest absolute Gasteiger partial charge is 0.195 e. The van der Waals surface area contributed by atoms with Crippen LogP contribution in [0.15, 0.2) is 20.0 Å². The molecule has 0 aliphatic carbocycles. The number of hydrogen-bond donors (Lipinski definition) is 6. The zero-order valence-corrected chi connectivity index (χ0v) is 24.3. The standard InChI is InChI=1S/C24H52N10.2ClH/c1-3-5-7-9-13-17-29-21(25)33-23(27)31-19-15-11-12-16-20-32-24(28)34-22(26)30-18-14-10-8-6-4-2;;/h3-20H2,1-2H3,(H5,25,27,29,31,33)(H5,26,28,30,32,34);2*1H. The highest BCUT2D eigenvalue weighted by Crippen LogP contribution is 2.03. The van der Waals surface area contributed by atoms with Gasteiger partial charge < -0.3 is 22.9 Å². The number of nitrogens with two attached hydrogens (primary N) is 4. The van der Waals surface area contributed by atoms with Crippen molar-refractivity contribution < 1.29 is 0 Å². The first-order valence-electron chi connectivity index (χ1n) is 13.2. The van der Waals surface area contributed by atoms with Crippen molar-refractivity contribution in [2.75, 3.05) is 26.2 Å². The molecule has 0 aromatic carbocycles. The minimum atomic E-state index is 0. The maximum atomic E-state index is 5.86. The molecule has 36 heavy (non-hydrogen) atoms. The van der Waals surface area contributed by atoms with E-state index in [1.807, 2.05) is 0 Å². The molecule has 0 aromatic rings. The number of hydrogen-bond acceptors (Lipinski definition) is 4. The van der Waals surface area contributed by atoms with Crippen molar-refractivity contribution in [3.05, 3.63) is 0 Å². The van der Waals surface area contributed by atoms with Gasteiger partial charge in [0.2, 0.25) is 0 Å². The van der Waals surface area contributed by atoms with Crippen molar-refractivity contribution in [1.82, 2.24) is 10.6 Å². The van der Waals surface area contributed by atoms with Crippen LogP contribution in [-0.4, -0.2) is 50.0 Å². The summed E-state index contributed by atoms with van der Waals surface area (Å²) in [5, 5.41) is 5.68. The minimum Gasteiger partial charge on any atom is -0.370 e. The summed E-state index contributed by atoms with van der Waals surface area (Å²) in [5.41, 5.74) is 23.4. The second-order valence-corrected chi connectivity index (χ2v) is 8.56. The Bertz CT molecular complexity index is 558. The molecule has 0 aliphatic rings. The maximum Gasteiger partial charge on any atom is 0.195 e. The van der Waals surface area contributed by atoms with Gasteiger partial charge in [-0.3, -0.25) is 30.6 Å². The average molecular weight is 554 g/mol. The molecule has 0 aromatic heterocycles. The van der Waals surface area contributed by atoms with Crippen molar-refractivity contribution in [2.45, 2.75) is 104 Å². The van der Waals surface area contributed by atoms with Gasteiger partial charge in [-0.1, -0.05) is 78.1 Å². The van der Waals surface area contributed by atoms with Gasteiger partial charge in [-0.2, -0.15) is 0 Å². The van der Waals surface area contributed by atoms with Crippen LogP contribution in [0.5, 0.6) is 0 Å². The number of nitrogens with one attached hydrogen (secondary N) is 2. The second-order valence-electron chi connectivity index (χ2n) is 8.56. The Labute approximate surface area is 231 Å². The first-order chi connectivity index (χ1) is 16.5. The number of nitrogens with zero attached hydrogens (tertiary/aromatic N) is 4. The van der Waals surface area contributed by atoms with E-state index >= 15 is 0 Å². The van der Waals surface area contributed by atoms with Crippen molar-refractivity contribution in [1.29, 1.82) is 0 Å². The number of guanidine groups is 4. The molecule has 0 aliphatic heterocycles. The Kier molecular flexibility index (Phi) is 31.4. The Morgan fingerprint density at radius 2 is 0.639 bits per heavy atom. The molecule has 0 unspecified atom stereocenters. The summed E-state index contributed by atoms with van der Waals surface area (Å²) in [7, 11) is 0. The molecule has 0 rings (SSSR count). The second kappa shape index (κ2) is 29.3. The summed E-state index contributed by atoms with van der Waals surface area (Å²) in [4.78, 5) is 17.1. The number of unbranched alkanes of at least 4 members (excludes halogenated alkanes) is 11. The fourth-order valence-corrected chi connectivity index (χ4v) is 3.23. The normalized spacial score (nSPS) is 12.6.